The first-order valence-corrected chi connectivity index (χ1v) is 8.83. The molecule has 4 rings (SSSR count). The molecule has 3 aromatic rings. The van der Waals surface area contributed by atoms with Crippen molar-refractivity contribution in [3.8, 4) is 5.75 Å². The normalized spacial score (nSPS) is 21.0. The van der Waals surface area contributed by atoms with E-state index in [2.05, 4.69) is 20.7 Å². The van der Waals surface area contributed by atoms with E-state index in [-0.39, 0.29) is 23.9 Å². The van der Waals surface area contributed by atoms with Gasteiger partial charge in [-0.3, -0.25) is 4.79 Å². The Morgan fingerprint density at radius 3 is 2.59 bits per heavy atom. The van der Waals surface area contributed by atoms with Gasteiger partial charge in [-0.15, -0.1) is 0 Å². The van der Waals surface area contributed by atoms with Gasteiger partial charge < -0.3 is 15.4 Å². The van der Waals surface area contributed by atoms with Crippen molar-refractivity contribution in [1.29, 1.82) is 0 Å². The Morgan fingerprint density at radius 2 is 1.89 bits per heavy atom. The predicted molar refractivity (Wildman–Crippen MR) is 103 cm³/mol. The fourth-order valence-corrected chi connectivity index (χ4v) is 3.54. The number of nitrogens with zero attached hydrogens (tertiary/aromatic N) is 3. The number of fused-ring (bicyclic) bond motifs is 1. The standard InChI is InChI=1S/C20H21N5O2/c1-13-17(19(26)24-15-6-4-3-5-7-15)18(25-20(23-13)21-12-22-25)14-8-10-16(27-2)11-9-14/h3-13,17-18H,1-2H3,(H,24,26)(H,21,22,23)/t13-,17-,18-/m0/s1. The predicted octanol–water partition coefficient (Wildman–Crippen LogP) is 2.95. The molecule has 2 aromatic carbocycles. The van der Waals surface area contributed by atoms with Crippen LogP contribution in [0, 0.1) is 5.92 Å². The molecule has 0 radical (unpaired) electrons. The van der Waals surface area contributed by atoms with Crippen molar-refractivity contribution < 1.29 is 9.53 Å². The smallest absolute Gasteiger partial charge is 0.232 e. The minimum Gasteiger partial charge on any atom is -0.497 e. The van der Waals surface area contributed by atoms with Gasteiger partial charge in [0.05, 0.1) is 19.1 Å². The zero-order chi connectivity index (χ0) is 18.8. The van der Waals surface area contributed by atoms with Crippen LogP contribution >= 0.6 is 0 Å². The second-order valence-corrected chi connectivity index (χ2v) is 6.56. The van der Waals surface area contributed by atoms with Crippen LogP contribution < -0.4 is 15.4 Å². The number of anilines is 2. The van der Waals surface area contributed by atoms with Crippen molar-refractivity contribution in [3.05, 3.63) is 66.5 Å². The van der Waals surface area contributed by atoms with E-state index in [1.54, 1.807) is 11.8 Å². The first-order valence-electron chi connectivity index (χ1n) is 8.83. The molecule has 2 N–H and O–H groups in total. The van der Waals surface area contributed by atoms with Crippen molar-refractivity contribution in [2.24, 2.45) is 5.92 Å². The lowest BCUT2D eigenvalue weighted by Gasteiger charge is -2.36. The third-order valence-electron chi connectivity index (χ3n) is 4.87. The van der Waals surface area contributed by atoms with E-state index < -0.39 is 0 Å². The highest BCUT2D eigenvalue weighted by Crippen LogP contribution is 2.36. The molecule has 3 atom stereocenters. The van der Waals surface area contributed by atoms with Gasteiger partial charge in [-0.05, 0) is 36.8 Å². The Hall–Kier alpha value is -3.35. The zero-order valence-electron chi connectivity index (χ0n) is 15.2. The van der Waals surface area contributed by atoms with E-state index in [9.17, 15) is 4.79 Å². The van der Waals surface area contributed by atoms with E-state index in [0.717, 1.165) is 17.0 Å². The fraction of sp³-hybridized carbons (Fsp3) is 0.250. The number of aromatic nitrogens is 3. The van der Waals surface area contributed by atoms with Crippen LogP contribution in [0.3, 0.4) is 0 Å². The Balaban J connectivity index is 1.71. The van der Waals surface area contributed by atoms with Crippen molar-refractivity contribution in [1.82, 2.24) is 14.8 Å². The molecule has 1 amide bonds. The number of para-hydroxylation sites is 1. The van der Waals surface area contributed by atoms with Crippen LogP contribution in [0.5, 0.6) is 5.75 Å². The highest BCUT2D eigenvalue weighted by molar-refractivity contribution is 5.94. The van der Waals surface area contributed by atoms with Gasteiger partial charge in [-0.2, -0.15) is 10.1 Å². The molecule has 1 aliphatic rings. The van der Waals surface area contributed by atoms with Crippen LogP contribution in [0.15, 0.2) is 60.9 Å². The van der Waals surface area contributed by atoms with E-state index >= 15 is 0 Å². The number of rotatable bonds is 4. The monoisotopic (exact) mass is 363 g/mol. The third kappa shape index (κ3) is 3.23. The van der Waals surface area contributed by atoms with E-state index in [4.69, 9.17) is 4.74 Å². The maximum absolute atomic E-state index is 13.2. The number of benzene rings is 2. The lowest BCUT2D eigenvalue weighted by molar-refractivity contribution is -0.121. The average molecular weight is 363 g/mol. The summed E-state index contributed by atoms with van der Waals surface area (Å²) in [4.78, 5) is 17.5. The summed E-state index contributed by atoms with van der Waals surface area (Å²) in [7, 11) is 1.63. The molecule has 1 aliphatic heterocycles. The lowest BCUT2D eigenvalue weighted by atomic mass is 9.85. The van der Waals surface area contributed by atoms with E-state index in [1.165, 1.54) is 6.33 Å². The Kier molecular flexibility index (Phi) is 4.50. The highest BCUT2D eigenvalue weighted by Gasteiger charge is 2.41. The van der Waals surface area contributed by atoms with Crippen LogP contribution in [0.25, 0.3) is 0 Å². The van der Waals surface area contributed by atoms with Crippen LogP contribution in [-0.2, 0) is 4.79 Å². The van der Waals surface area contributed by atoms with E-state index in [0.29, 0.717) is 5.95 Å². The summed E-state index contributed by atoms with van der Waals surface area (Å²) in [5.41, 5.74) is 1.75. The molecule has 0 bridgehead atoms. The Bertz CT molecular complexity index is 923. The number of carbonyl (C=O) groups is 1. The molecule has 138 valence electrons. The van der Waals surface area contributed by atoms with Crippen molar-refractivity contribution in [2.45, 2.75) is 19.0 Å². The zero-order valence-corrected chi connectivity index (χ0v) is 15.2. The highest BCUT2D eigenvalue weighted by atomic mass is 16.5. The van der Waals surface area contributed by atoms with Crippen molar-refractivity contribution in [3.63, 3.8) is 0 Å². The van der Waals surface area contributed by atoms with Crippen molar-refractivity contribution in [2.75, 3.05) is 17.7 Å². The fourth-order valence-electron chi connectivity index (χ4n) is 3.54. The molecule has 0 aliphatic carbocycles. The maximum atomic E-state index is 13.2. The molecule has 0 saturated heterocycles. The second kappa shape index (κ2) is 7.11. The molecular formula is C20H21N5O2. The van der Waals surface area contributed by atoms with Crippen LogP contribution in [0.1, 0.15) is 18.5 Å². The number of hydrogen-bond donors (Lipinski definition) is 2. The summed E-state index contributed by atoms with van der Waals surface area (Å²) < 4.78 is 7.03. The summed E-state index contributed by atoms with van der Waals surface area (Å²) in [6.45, 7) is 1.99. The number of nitrogens with one attached hydrogen (secondary N) is 2. The maximum Gasteiger partial charge on any atom is 0.232 e. The van der Waals surface area contributed by atoms with Gasteiger partial charge in [0.25, 0.3) is 0 Å². The molecular weight excluding hydrogens is 342 g/mol. The number of carbonyl (C=O) groups excluding carboxylic acids is 1. The van der Waals surface area contributed by atoms with Crippen LogP contribution in [-0.4, -0.2) is 33.8 Å². The first-order chi connectivity index (χ1) is 13.2. The number of hydrogen-bond acceptors (Lipinski definition) is 5. The van der Waals surface area contributed by atoms with Gasteiger partial charge in [0, 0.05) is 11.7 Å². The lowest BCUT2D eigenvalue weighted by Crippen LogP contribution is -2.46. The van der Waals surface area contributed by atoms with Gasteiger partial charge in [0.2, 0.25) is 11.9 Å². The second-order valence-electron chi connectivity index (χ2n) is 6.56. The SMILES string of the molecule is COc1ccc([C@H]2[C@@H](C(=O)Nc3ccccc3)[C@H](C)Nc3ncnn32)cc1. The van der Waals surface area contributed by atoms with Crippen molar-refractivity contribution >= 4 is 17.5 Å². The minimum atomic E-state index is -0.368. The molecule has 0 saturated carbocycles. The van der Waals surface area contributed by atoms with Gasteiger partial charge in [-0.25, -0.2) is 4.68 Å². The molecule has 0 fully saturated rings. The average Bonchev–Trinajstić information content (AvgIpc) is 3.15. The van der Waals surface area contributed by atoms with Gasteiger partial charge in [0.1, 0.15) is 12.1 Å². The largest absolute Gasteiger partial charge is 0.497 e. The summed E-state index contributed by atoms with van der Waals surface area (Å²) in [6, 6.07) is 16.8. The third-order valence-corrected chi connectivity index (χ3v) is 4.87. The quantitative estimate of drug-likeness (QED) is 0.745. The summed E-state index contributed by atoms with van der Waals surface area (Å²) in [5, 5.41) is 10.7. The molecule has 7 heteroatoms. The first kappa shape index (κ1) is 17.1. The topological polar surface area (TPSA) is 81.1 Å². The van der Waals surface area contributed by atoms with Gasteiger partial charge >= 0.3 is 0 Å². The molecule has 0 spiro atoms. The number of methoxy groups -OCH3 is 1. The molecule has 2 heterocycles. The summed E-state index contributed by atoms with van der Waals surface area (Å²) >= 11 is 0. The number of ether oxygens (including phenoxy) is 1. The minimum absolute atomic E-state index is 0.0665. The van der Waals surface area contributed by atoms with Crippen LogP contribution in [0.2, 0.25) is 0 Å². The Morgan fingerprint density at radius 1 is 1.15 bits per heavy atom. The van der Waals surface area contributed by atoms with Gasteiger partial charge in [0.15, 0.2) is 0 Å². The summed E-state index contributed by atoms with van der Waals surface area (Å²) in [5.74, 6) is 0.993. The molecule has 0 unspecified atom stereocenters. The molecule has 27 heavy (non-hydrogen) atoms. The Labute approximate surface area is 157 Å². The number of amides is 1. The molecule has 1 aromatic heterocycles. The van der Waals surface area contributed by atoms with Crippen LogP contribution in [0.4, 0.5) is 11.6 Å². The summed E-state index contributed by atoms with van der Waals surface area (Å²) in [6.07, 6.45) is 1.50. The van der Waals surface area contributed by atoms with Gasteiger partial charge in [-0.1, -0.05) is 30.3 Å². The molecule has 7 nitrogen and oxygen atoms in total. The van der Waals surface area contributed by atoms with E-state index in [1.807, 2.05) is 61.5 Å².